The van der Waals surface area contributed by atoms with Crippen LogP contribution in [-0.2, 0) is 0 Å². The molecule has 1 aliphatic heterocycles. The maximum atomic E-state index is 2.72. The van der Waals surface area contributed by atoms with Gasteiger partial charge in [-0.15, -0.1) is 0 Å². The molecule has 0 aromatic heterocycles. The van der Waals surface area contributed by atoms with Crippen molar-refractivity contribution in [2.75, 3.05) is 13.1 Å². The zero-order valence-corrected chi connectivity index (χ0v) is 10.8. The second-order valence-electron chi connectivity index (χ2n) is 6.03. The molecule has 1 nitrogen and oxygen atoms in total. The van der Waals surface area contributed by atoms with Crippen molar-refractivity contribution in [2.45, 2.75) is 65.3 Å². The minimum atomic E-state index is 0.720. The first-order valence-electron chi connectivity index (χ1n) is 6.92. The Hall–Kier alpha value is -0.0400. The normalized spacial score (nSPS) is 31.6. The molecule has 0 bridgehead atoms. The van der Waals surface area contributed by atoms with Crippen molar-refractivity contribution in [3.8, 4) is 0 Å². The van der Waals surface area contributed by atoms with Gasteiger partial charge in [-0.1, -0.05) is 26.2 Å². The summed E-state index contributed by atoms with van der Waals surface area (Å²) in [4.78, 5) is 2.72. The molecular formula is C14H27N. The Bertz CT molecular complexity index is 203. The van der Waals surface area contributed by atoms with Crippen molar-refractivity contribution in [1.82, 2.24) is 4.90 Å². The van der Waals surface area contributed by atoms with Gasteiger partial charge >= 0.3 is 0 Å². The zero-order valence-electron chi connectivity index (χ0n) is 10.8. The summed E-state index contributed by atoms with van der Waals surface area (Å²) in [6.07, 6.45) is 8.86. The number of hydrogen-bond acceptors (Lipinski definition) is 1. The van der Waals surface area contributed by atoms with Crippen molar-refractivity contribution >= 4 is 0 Å². The van der Waals surface area contributed by atoms with Crippen molar-refractivity contribution in [2.24, 2.45) is 11.3 Å². The molecule has 0 amide bonds. The van der Waals surface area contributed by atoms with Gasteiger partial charge in [-0.25, -0.2) is 0 Å². The molecule has 1 atom stereocenters. The summed E-state index contributed by atoms with van der Waals surface area (Å²) in [6.45, 7) is 9.85. The highest BCUT2D eigenvalue weighted by atomic mass is 15.2. The van der Waals surface area contributed by atoms with Crippen molar-refractivity contribution in [3.05, 3.63) is 0 Å². The molecule has 0 aromatic rings. The third-order valence-electron chi connectivity index (χ3n) is 4.97. The number of hydrogen-bond donors (Lipinski definition) is 0. The lowest BCUT2D eigenvalue weighted by Gasteiger charge is -2.48. The van der Waals surface area contributed by atoms with Crippen molar-refractivity contribution in [3.63, 3.8) is 0 Å². The van der Waals surface area contributed by atoms with E-state index in [1.807, 2.05) is 0 Å². The van der Waals surface area contributed by atoms with E-state index >= 15 is 0 Å². The van der Waals surface area contributed by atoms with Gasteiger partial charge in [-0.3, -0.25) is 0 Å². The first-order chi connectivity index (χ1) is 7.18. The molecule has 1 heteroatoms. The molecule has 0 radical (unpaired) electrons. The molecule has 1 unspecified atom stereocenters. The van der Waals surface area contributed by atoms with E-state index in [-0.39, 0.29) is 0 Å². The summed E-state index contributed by atoms with van der Waals surface area (Å²) in [5.74, 6) is 1.02. The molecular weight excluding hydrogens is 182 g/mol. The fourth-order valence-corrected chi connectivity index (χ4v) is 3.96. The number of nitrogens with zero attached hydrogens (tertiary/aromatic N) is 1. The van der Waals surface area contributed by atoms with Crippen LogP contribution in [0, 0.1) is 11.3 Å². The Kier molecular flexibility index (Phi) is 3.39. The maximum absolute atomic E-state index is 2.72. The van der Waals surface area contributed by atoms with Crippen molar-refractivity contribution < 1.29 is 0 Å². The second-order valence-corrected chi connectivity index (χ2v) is 6.03. The Balaban J connectivity index is 2.08. The fourth-order valence-electron chi connectivity index (χ4n) is 3.96. The van der Waals surface area contributed by atoms with Gasteiger partial charge in [0, 0.05) is 12.6 Å². The van der Waals surface area contributed by atoms with E-state index in [1.165, 1.54) is 51.6 Å². The third kappa shape index (κ3) is 2.08. The van der Waals surface area contributed by atoms with Gasteiger partial charge in [0.15, 0.2) is 0 Å². The summed E-state index contributed by atoms with van der Waals surface area (Å²) in [6, 6.07) is 0.750. The number of piperidine rings is 1. The van der Waals surface area contributed by atoms with E-state index in [4.69, 9.17) is 0 Å². The summed E-state index contributed by atoms with van der Waals surface area (Å²) in [7, 11) is 0. The Morgan fingerprint density at radius 3 is 2.47 bits per heavy atom. The Morgan fingerprint density at radius 1 is 1.27 bits per heavy atom. The lowest BCUT2D eigenvalue weighted by atomic mass is 9.68. The van der Waals surface area contributed by atoms with E-state index in [1.54, 1.807) is 0 Å². The third-order valence-corrected chi connectivity index (χ3v) is 4.97. The fraction of sp³-hybridized carbons (Fsp3) is 1.00. The SMILES string of the molecule is CCC1CCN(C(C)C)CC12CCCC2. The van der Waals surface area contributed by atoms with Crippen LogP contribution in [0.1, 0.15) is 59.3 Å². The topological polar surface area (TPSA) is 3.24 Å². The predicted octanol–water partition coefficient (Wildman–Crippen LogP) is 3.69. The van der Waals surface area contributed by atoms with Crippen LogP contribution in [0.25, 0.3) is 0 Å². The lowest BCUT2D eigenvalue weighted by Crippen LogP contribution is -2.49. The Labute approximate surface area is 95.2 Å². The summed E-state index contributed by atoms with van der Waals surface area (Å²) >= 11 is 0. The summed E-state index contributed by atoms with van der Waals surface area (Å²) in [5, 5.41) is 0. The van der Waals surface area contributed by atoms with Gasteiger partial charge < -0.3 is 4.90 Å². The van der Waals surface area contributed by atoms with E-state index in [0.717, 1.165) is 17.4 Å². The van der Waals surface area contributed by atoms with Crippen molar-refractivity contribution in [1.29, 1.82) is 0 Å². The monoisotopic (exact) mass is 209 g/mol. The van der Waals surface area contributed by atoms with Gasteiger partial charge in [-0.05, 0) is 51.0 Å². The predicted molar refractivity (Wildman–Crippen MR) is 66.0 cm³/mol. The quantitative estimate of drug-likeness (QED) is 0.670. The minimum Gasteiger partial charge on any atom is -0.300 e. The van der Waals surface area contributed by atoms with Crippen LogP contribution in [0.2, 0.25) is 0 Å². The second kappa shape index (κ2) is 4.45. The molecule has 2 rings (SSSR count). The van der Waals surface area contributed by atoms with E-state index < -0.39 is 0 Å². The molecule has 15 heavy (non-hydrogen) atoms. The number of rotatable bonds is 2. The molecule has 2 aliphatic rings. The van der Waals surface area contributed by atoms with Gasteiger partial charge in [0.05, 0.1) is 0 Å². The van der Waals surface area contributed by atoms with Crippen LogP contribution in [0.4, 0.5) is 0 Å². The van der Waals surface area contributed by atoms with Gasteiger partial charge in [-0.2, -0.15) is 0 Å². The molecule has 2 fully saturated rings. The van der Waals surface area contributed by atoms with Crippen LogP contribution >= 0.6 is 0 Å². The van der Waals surface area contributed by atoms with E-state index in [2.05, 4.69) is 25.7 Å². The molecule has 0 aromatic carbocycles. The highest BCUT2D eigenvalue weighted by Gasteiger charge is 2.44. The minimum absolute atomic E-state index is 0.720. The van der Waals surface area contributed by atoms with E-state index in [9.17, 15) is 0 Å². The van der Waals surface area contributed by atoms with Crippen LogP contribution in [0.3, 0.4) is 0 Å². The molecule has 88 valence electrons. The smallest absolute Gasteiger partial charge is 0.00433 e. The Morgan fingerprint density at radius 2 is 1.93 bits per heavy atom. The molecule has 1 saturated heterocycles. The van der Waals surface area contributed by atoms with Crippen LogP contribution in [-0.4, -0.2) is 24.0 Å². The van der Waals surface area contributed by atoms with Crippen LogP contribution in [0.15, 0.2) is 0 Å². The first kappa shape index (κ1) is 11.4. The molecule has 1 heterocycles. The average Bonchev–Trinajstić information content (AvgIpc) is 2.67. The summed E-state index contributed by atoms with van der Waals surface area (Å²) in [5.41, 5.74) is 0.720. The van der Waals surface area contributed by atoms with Gasteiger partial charge in [0.1, 0.15) is 0 Å². The van der Waals surface area contributed by atoms with E-state index in [0.29, 0.717) is 0 Å². The standard InChI is InChI=1S/C14H27N/c1-4-13-7-10-15(12(2)3)11-14(13)8-5-6-9-14/h12-13H,4-11H2,1-3H3. The molecule has 1 spiro atoms. The molecule has 1 saturated carbocycles. The highest BCUT2D eigenvalue weighted by Crippen LogP contribution is 2.49. The maximum Gasteiger partial charge on any atom is 0.00433 e. The average molecular weight is 209 g/mol. The molecule has 1 aliphatic carbocycles. The summed E-state index contributed by atoms with van der Waals surface area (Å²) < 4.78 is 0. The highest BCUT2D eigenvalue weighted by molar-refractivity contribution is 4.96. The largest absolute Gasteiger partial charge is 0.300 e. The molecule has 0 N–H and O–H groups in total. The zero-order chi connectivity index (χ0) is 10.9. The van der Waals surface area contributed by atoms with Gasteiger partial charge in [0.2, 0.25) is 0 Å². The van der Waals surface area contributed by atoms with Gasteiger partial charge in [0.25, 0.3) is 0 Å². The number of likely N-dealkylation sites (tertiary alicyclic amines) is 1. The first-order valence-corrected chi connectivity index (χ1v) is 6.92. The van der Waals surface area contributed by atoms with Crippen LogP contribution in [0.5, 0.6) is 0 Å². The lowest BCUT2D eigenvalue weighted by molar-refractivity contribution is 0.0133. The van der Waals surface area contributed by atoms with Crippen LogP contribution < -0.4 is 0 Å².